The Bertz CT molecular complexity index is 616. The second kappa shape index (κ2) is 4.60. The number of fused-ring (bicyclic) bond motifs is 2. The van der Waals surface area contributed by atoms with Crippen molar-refractivity contribution in [2.75, 3.05) is 6.61 Å². The number of aliphatic hydroxyl groups excluding tert-OH is 1. The number of hydrogen-bond acceptors (Lipinski definition) is 1. The van der Waals surface area contributed by atoms with Gasteiger partial charge in [0.1, 0.15) is 0 Å². The predicted molar refractivity (Wildman–Crippen MR) is 75.8 cm³/mol. The summed E-state index contributed by atoms with van der Waals surface area (Å²) in [6, 6.07) is 14.0. The molecule has 0 amide bonds. The molecule has 0 aliphatic heterocycles. The van der Waals surface area contributed by atoms with Crippen LogP contribution < -0.4 is 0 Å². The first-order valence-corrected chi connectivity index (χ1v) is 6.35. The lowest BCUT2D eigenvalue weighted by atomic mass is 9.88. The van der Waals surface area contributed by atoms with Gasteiger partial charge in [0.15, 0.2) is 0 Å². The third kappa shape index (κ3) is 1.76. The van der Waals surface area contributed by atoms with Gasteiger partial charge in [0.2, 0.25) is 0 Å². The fourth-order valence-corrected chi connectivity index (χ4v) is 2.80. The molecular weight excluding hydrogens is 244 g/mol. The highest BCUT2D eigenvalue weighted by atomic mass is 35.5. The maximum absolute atomic E-state index is 9.73. The third-order valence-electron chi connectivity index (χ3n) is 3.45. The number of benzene rings is 2. The van der Waals surface area contributed by atoms with Crippen LogP contribution >= 0.6 is 11.6 Å². The molecule has 2 aromatic rings. The normalized spacial score (nSPS) is 16.9. The van der Waals surface area contributed by atoms with Crippen molar-refractivity contribution in [3.63, 3.8) is 0 Å². The molecule has 0 heterocycles. The van der Waals surface area contributed by atoms with Crippen molar-refractivity contribution < 1.29 is 5.11 Å². The van der Waals surface area contributed by atoms with Crippen molar-refractivity contribution in [2.24, 2.45) is 0 Å². The molecule has 0 spiro atoms. The molecule has 1 atom stereocenters. The van der Waals surface area contributed by atoms with E-state index < -0.39 is 0 Å². The second-order valence-corrected chi connectivity index (χ2v) is 4.85. The van der Waals surface area contributed by atoms with E-state index in [1.807, 2.05) is 36.4 Å². The molecule has 0 aromatic heterocycles. The molecule has 0 bridgehead atoms. The van der Waals surface area contributed by atoms with Gasteiger partial charge in [0.05, 0.1) is 6.61 Å². The summed E-state index contributed by atoms with van der Waals surface area (Å²) in [5, 5.41) is 10.5. The van der Waals surface area contributed by atoms with E-state index >= 15 is 0 Å². The van der Waals surface area contributed by atoms with Crippen molar-refractivity contribution >= 4 is 23.8 Å². The van der Waals surface area contributed by atoms with Crippen LogP contribution in [0.25, 0.3) is 12.2 Å². The van der Waals surface area contributed by atoms with E-state index in [0.29, 0.717) is 0 Å². The third-order valence-corrected chi connectivity index (χ3v) is 3.78. The minimum Gasteiger partial charge on any atom is -0.395 e. The van der Waals surface area contributed by atoms with Crippen LogP contribution in [0.5, 0.6) is 0 Å². The van der Waals surface area contributed by atoms with E-state index in [4.69, 9.17) is 11.6 Å². The molecule has 0 saturated heterocycles. The Morgan fingerprint density at radius 3 is 2.56 bits per heavy atom. The van der Waals surface area contributed by atoms with Gasteiger partial charge in [0.25, 0.3) is 0 Å². The average Bonchev–Trinajstić information content (AvgIpc) is 2.56. The van der Waals surface area contributed by atoms with Gasteiger partial charge in [0, 0.05) is 10.9 Å². The summed E-state index contributed by atoms with van der Waals surface area (Å²) < 4.78 is 0. The zero-order valence-electron chi connectivity index (χ0n) is 9.81. The highest BCUT2D eigenvalue weighted by Gasteiger charge is 2.21. The molecule has 3 rings (SSSR count). The van der Waals surface area contributed by atoms with Crippen LogP contribution in [-0.4, -0.2) is 11.7 Å². The van der Waals surface area contributed by atoms with E-state index in [2.05, 4.69) is 18.2 Å². The molecular formula is C16H13ClO. The molecule has 2 heteroatoms. The number of halogens is 1. The molecule has 1 aliphatic rings. The van der Waals surface area contributed by atoms with Gasteiger partial charge in [-0.05, 0) is 28.3 Å². The highest BCUT2D eigenvalue weighted by molar-refractivity contribution is 6.32. The Balaban J connectivity index is 2.28. The summed E-state index contributed by atoms with van der Waals surface area (Å²) >= 11 is 6.25. The van der Waals surface area contributed by atoms with Crippen LogP contribution in [-0.2, 0) is 0 Å². The minimum atomic E-state index is -0.00935. The Morgan fingerprint density at radius 2 is 1.72 bits per heavy atom. The summed E-state index contributed by atoms with van der Waals surface area (Å²) in [4.78, 5) is 0. The van der Waals surface area contributed by atoms with Crippen molar-refractivity contribution in [1.82, 2.24) is 0 Å². The summed E-state index contributed by atoms with van der Waals surface area (Å²) in [5.41, 5.74) is 4.39. The van der Waals surface area contributed by atoms with Crippen LogP contribution in [0.1, 0.15) is 28.2 Å². The van der Waals surface area contributed by atoms with Crippen molar-refractivity contribution in [2.45, 2.75) is 5.92 Å². The molecule has 1 aliphatic carbocycles. The fraction of sp³-hybridized carbons (Fsp3) is 0.125. The van der Waals surface area contributed by atoms with Crippen LogP contribution in [0, 0.1) is 0 Å². The molecule has 1 nitrogen and oxygen atoms in total. The largest absolute Gasteiger partial charge is 0.395 e. The van der Waals surface area contributed by atoms with Gasteiger partial charge in [-0.15, -0.1) is 0 Å². The van der Waals surface area contributed by atoms with Crippen molar-refractivity contribution in [1.29, 1.82) is 0 Å². The first-order valence-electron chi connectivity index (χ1n) is 5.97. The number of hydrogen-bond donors (Lipinski definition) is 1. The lowest BCUT2D eigenvalue weighted by Crippen LogP contribution is -2.08. The standard InChI is InChI=1S/C16H13ClO/c17-16-7-3-6-13-14(16)9-8-11-4-1-2-5-12(11)15(13)10-18/h1-9,15,18H,10H2. The molecule has 0 saturated carbocycles. The molecule has 0 fully saturated rings. The van der Waals surface area contributed by atoms with E-state index in [0.717, 1.165) is 27.3 Å². The SMILES string of the molecule is OCC1c2ccccc2C=Cc2c(Cl)cccc21. The van der Waals surface area contributed by atoms with Crippen LogP contribution in [0.2, 0.25) is 5.02 Å². The lowest BCUT2D eigenvalue weighted by molar-refractivity contribution is 0.280. The Labute approximate surface area is 111 Å². The first-order chi connectivity index (χ1) is 8.81. The van der Waals surface area contributed by atoms with Gasteiger partial charge < -0.3 is 5.11 Å². The number of aliphatic hydroxyl groups is 1. The quantitative estimate of drug-likeness (QED) is 0.819. The average molecular weight is 257 g/mol. The molecule has 90 valence electrons. The van der Waals surface area contributed by atoms with Gasteiger partial charge in [-0.3, -0.25) is 0 Å². The number of rotatable bonds is 1. The van der Waals surface area contributed by atoms with Gasteiger partial charge in [-0.1, -0.05) is 60.2 Å². The first kappa shape index (κ1) is 11.5. The highest BCUT2D eigenvalue weighted by Crippen LogP contribution is 2.36. The Hall–Kier alpha value is -1.57. The van der Waals surface area contributed by atoms with E-state index in [1.165, 1.54) is 0 Å². The Morgan fingerprint density at radius 1 is 0.944 bits per heavy atom. The zero-order chi connectivity index (χ0) is 12.5. The van der Waals surface area contributed by atoms with Gasteiger partial charge >= 0.3 is 0 Å². The summed E-state index contributed by atoms with van der Waals surface area (Å²) in [6.07, 6.45) is 4.10. The maximum Gasteiger partial charge on any atom is 0.0540 e. The van der Waals surface area contributed by atoms with Crippen LogP contribution in [0.3, 0.4) is 0 Å². The van der Waals surface area contributed by atoms with Gasteiger partial charge in [-0.2, -0.15) is 0 Å². The van der Waals surface area contributed by atoms with Gasteiger partial charge in [-0.25, -0.2) is 0 Å². The van der Waals surface area contributed by atoms with E-state index in [1.54, 1.807) is 0 Å². The van der Waals surface area contributed by atoms with Crippen molar-refractivity contribution in [3.05, 3.63) is 69.7 Å². The van der Waals surface area contributed by atoms with E-state index in [9.17, 15) is 5.11 Å². The fourth-order valence-electron chi connectivity index (χ4n) is 2.55. The van der Waals surface area contributed by atoms with Crippen molar-refractivity contribution in [3.8, 4) is 0 Å². The predicted octanol–water partition coefficient (Wildman–Crippen LogP) is 3.95. The van der Waals surface area contributed by atoms with Crippen LogP contribution in [0.4, 0.5) is 0 Å². The van der Waals surface area contributed by atoms with E-state index in [-0.39, 0.29) is 12.5 Å². The summed E-state index contributed by atoms with van der Waals surface area (Å²) in [5.74, 6) is -0.00935. The molecule has 1 N–H and O–H groups in total. The smallest absolute Gasteiger partial charge is 0.0540 e. The monoisotopic (exact) mass is 256 g/mol. The lowest BCUT2D eigenvalue weighted by Gasteiger charge is -2.18. The maximum atomic E-state index is 9.73. The summed E-state index contributed by atoms with van der Waals surface area (Å²) in [7, 11) is 0. The topological polar surface area (TPSA) is 20.2 Å². The minimum absolute atomic E-state index is 0.00935. The molecule has 18 heavy (non-hydrogen) atoms. The summed E-state index contributed by atoms with van der Waals surface area (Å²) in [6.45, 7) is 0.0893. The molecule has 2 aromatic carbocycles. The zero-order valence-corrected chi connectivity index (χ0v) is 10.6. The molecule has 0 radical (unpaired) electrons. The molecule has 1 unspecified atom stereocenters. The van der Waals surface area contributed by atoms with Crippen LogP contribution in [0.15, 0.2) is 42.5 Å². The second-order valence-electron chi connectivity index (χ2n) is 4.44. The Kier molecular flexibility index (Phi) is 2.94.